The second kappa shape index (κ2) is 3.00. The first-order valence-corrected chi connectivity index (χ1v) is 5.45. The number of rotatable bonds is 2. The highest BCUT2D eigenvalue weighted by atomic mass is 35.7. The number of aromatic amines is 1. The van der Waals surface area contributed by atoms with Gasteiger partial charge in [-0.05, 0) is 0 Å². The molecular weight excluding hydrogens is 211 g/mol. The Morgan fingerprint density at radius 3 is 2.64 bits per heavy atom. The topological polar surface area (TPSA) is 62.8 Å². The van der Waals surface area contributed by atoms with E-state index >= 15 is 0 Å². The van der Waals surface area contributed by atoms with E-state index in [1.54, 1.807) is 0 Å². The Bertz CT molecular complexity index is 345. The summed E-state index contributed by atoms with van der Waals surface area (Å²) in [6.45, 7) is 0. The first-order valence-electron chi connectivity index (χ1n) is 2.59. The molecule has 11 heavy (non-hydrogen) atoms. The normalized spacial score (nSPS) is 11.8. The predicted molar refractivity (Wildman–Crippen MR) is 42.1 cm³/mol. The second-order valence-electron chi connectivity index (χ2n) is 1.89. The molecule has 0 amide bonds. The molecule has 4 nitrogen and oxygen atoms in total. The zero-order chi connectivity index (χ0) is 8.48. The summed E-state index contributed by atoms with van der Waals surface area (Å²) in [4.78, 5) is 0. The van der Waals surface area contributed by atoms with Crippen LogP contribution in [0.4, 0.5) is 0 Å². The van der Waals surface area contributed by atoms with E-state index in [0.29, 0.717) is 5.56 Å². The van der Waals surface area contributed by atoms with E-state index in [-0.39, 0.29) is 10.9 Å². The molecule has 0 atom stereocenters. The van der Waals surface area contributed by atoms with Crippen LogP contribution in [0.2, 0.25) is 5.15 Å². The van der Waals surface area contributed by atoms with Crippen molar-refractivity contribution in [3.63, 3.8) is 0 Å². The van der Waals surface area contributed by atoms with E-state index in [9.17, 15) is 8.42 Å². The minimum Gasteiger partial charge on any atom is -0.267 e. The van der Waals surface area contributed by atoms with Gasteiger partial charge >= 0.3 is 0 Å². The molecule has 0 bridgehead atoms. The van der Waals surface area contributed by atoms with Gasteiger partial charge in [-0.15, -0.1) is 0 Å². The van der Waals surface area contributed by atoms with Crippen molar-refractivity contribution >= 4 is 31.3 Å². The largest absolute Gasteiger partial charge is 0.267 e. The molecule has 1 aromatic heterocycles. The van der Waals surface area contributed by atoms with Crippen LogP contribution < -0.4 is 0 Å². The molecule has 1 rings (SSSR count). The fourth-order valence-electron chi connectivity index (χ4n) is 0.582. The molecule has 0 aromatic carbocycles. The third-order valence-electron chi connectivity index (χ3n) is 0.993. The lowest BCUT2D eigenvalue weighted by Gasteiger charge is -1.90. The minimum atomic E-state index is -3.54. The fourth-order valence-corrected chi connectivity index (χ4v) is 1.77. The van der Waals surface area contributed by atoms with Gasteiger partial charge in [-0.25, -0.2) is 8.42 Å². The van der Waals surface area contributed by atoms with Gasteiger partial charge in [0.05, 0.1) is 11.9 Å². The summed E-state index contributed by atoms with van der Waals surface area (Å²) >= 11 is 5.50. The zero-order valence-corrected chi connectivity index (χ0v) is 7.54. The van der Waals surface area contributed by atoms with Gasteiger partial charge in [0.2, 0.25) is 9.05 Å². The van der Waals surface area contributed by atoms with E-state index in [1.165, 1.54) is 6.20 Å². The average Bonchev–Trinajstić information content (AvgIpc) is 2.12. The fraction of sp³-hybridized carbons (Fsp3) is 0.250. The van der Waals surface area contributed by atoms with Crippen molar-refractivity contribution in [3.05, 3.63) is 16.9 Å². The smallest absolute Gasteiger partial charge is 0.236 e. The van der Waals surface area contributed by atoms with Crippen molar-refractivity contribution in [1.29, 1.82) is 0 Å². The molecule has 0 fully saturated rings. The molecule has 1 heterocycles. The standard InChI is InChI=1S/C4H4Cl2N2O2S/c5-4-3(1-7-8-4)2-11(6,9)10/h1H,2H2,(H,7,8). The van der Waals surface area contributed by atoms with E-state index in [0.717, 1.165) is 0 Å². The molecule has 0 aliphatic rings. The number of H-pyrrole nitrogens is 1. The monoisotopic (exact) mass is 214 g/mol. The maximum Gasteiger partial charge on any atom is 0.236 e. The van der Waals surface area contributed by atoms with Crippen LogP contribution in [0.1, 0.15) is 5.56 Å². The zero-order valence-electron chi connectivity index (χ0n) is 5.21. The maximum atomic E-state index is 10.5. The highest BCUT2D eigenvalue weighted by Gasteiger charge is 2.11. The number of hydrogen-bond donors (Lipinski definition) is 1. The van der Waals surface area contributed by atoms with Crippen molar-refractivity contribution in [1.82, 2.24) is 10.2 Å². The van der Waals surface area contributed by atoms with Crippen molar-refractivity contribution in [2.75, 3.05) is 0 Å². The molecule has 1 N–H and O–H groups in total. The van der Waals surface area contributed by atoms with Gasteiger partial charge in [0.1, 0.15) is 5.15 Å². The van der Waals surface area contributed by atoms with Crippen molar-refractivity contribution in [2.24, 2.45) is 0 Å². The van der Waals surface area contributed by atoms with E-state index in [1.807, 2.05) is 0 Å². The Kier molecular flexibility index (Phi) is 2.41. The van der Waals surface area contributed by atoms with Gasteiger partial charge in [-0.1, -0.05) is 11.6 Å². The number of hydrogen-bond acceptors (Lipinski definition) is 3. The summed E-state index contributed by atoms with van der Waals surface area (Å²) < 4.78 is 21.0. The molecule has 0 saturated heterocycles. The molecule has 0 saturated carbocycles. The third-order valence-corrected chi connectivity index (χ3v) is 2.30. The quantitative estimate of drug-likeness (QED) is 0.752. The van der Waals surface area contributed by atoms with Crippen LogP contribution in [0.3, 0.4) is 0 Å². The van der Waals surface area contributed by atoms with Crippen LogP contribution >= 0.6 is 22.3 Å². The third kappa shape index (κ3) is 2.69. The Labute approximate surface area is 72.9 Å². The first-order chi connectivity index (χ1) is 4.99. The molecule has 1 aromatic rings. The lowest BCUT2D eigenvalue weighted by molar-refractivity contribution is 0.609. The van der Waals surface area contributed by atoms with Gasteiger partial charge < -0.3 is 0 Å². The van der Waals surface area contributed by atoms with Crippen LogP contribution in [-0.2, 0) is 14.8 Å². The van der Waals surface area contributed by atoms with Gasteiger partial charge in [0.15, 0.2) is 0 Å². The molecule has 0 spiro atoms. The molecule has 7 heteroatoms. The number of nitrogens with zero attached hydrogens (tertiary/aromatic N) is 1. The van der Waals surface area contributed by atoms with E-state index < -0.39 is 9.05 Å². The highest BCUT2D eigenvalue weighted by molar-refractivity contribution is 8.13. The Hall–Kier alpha value is -0.260. The van der Waals surface area contributed by atoms with Crippen LogP contribution in [0.15, 0.2) is 6.20 Å². The molecular formula is C4H4Cl2N2O2S. The van der Waals surface area contributed by atoms with Gasteiger partial charge in [-0.2, -0.15) is 5.10 Å². The van der Waals surface area contributed by atoms with Crippen molar-refractivity contribution < 1.29 is 8.42 Å². The molecule has 0 aliphatic carbocycles. The summed E-state index contributed by atoms with van der Waals surface area (Å²) in [6.07, 6.45) is 1.32. The summed E-state index contributed by atoms with van der Waals surface area (Å²) in [6, 6.07) is 0. The highest BCUT2D eigenvalue weighted by Crippen LogP contribution is 2.15. The molecule has 62 valence electrons. The van der Waals surface area contributed by atoms with Crippen LogP contribution in [0, 0.1) is 0 Å². The van der Waals surface area contributed by atoms with Crippen molar-refractivity contribution in [2.45, 2.75) is 5.75 Å². The summed E-state index contributed by atoms with van der Waals surface area (Å²) in [5.74, 6) is -0.302. The predicted octanol–water partition coefficient (Wildman–Crippen LogP) is 1.13. The van der Waals surface area contributed by atoms with Crippen LogP contribution in [-0.4, -0.2) is 18.6 Å². The Morgan fingerprint density at radius 2 is 2.27 bits per heavy atom. The molecule has 0 radical (unpaired) electrons. The molecule has 0 aliphatic heterocycles. The molecule has 0 unspecified atom stereocenters. The van der Waals surface area contributed by atoms with E-state index in [2.05, 4.69) is 10.2 Å². The SMILES string of the molecule is O=S(=O)(Cl)Cc1cn[nH]c1Cl. The van der Waals surface area contributed by atoms with Crippen LogP contribution in [0.25, 0.3) is 0 Å². The Morgan fingerprint density at radius 1 is 1.64 bits per heavy atom. The van der Waals surface area contributed by atoms with Gasteiger partial charge in [-0.3, -0.25) is 5.10 Å². The number of halogens is 2. The number of aromatic nitrogens is 2. The minimum absolute atomic E-state index is 0.203. The maximum absolute atomic E-state index is 10.5. The van der Waals surface area contributed by atoms with Gasteiger partial charge in [0.25, 0.3) is 0 Å². The average molecular weight is 215 g/mol. The van der Waals surface area contributed by atoms with Gasteiger partial charge in [0, 0.05) is 16.2 Å². The summed E-state index contributed by atoms with van der Waals surface area (Å²) in [7, 11) is 1.43. The van der Waals surface area contributed by atoms with Crippen molar-refractivity contribution in [3.8, 4) is 0 Å². The lowest BCUT2D eigenvalue weighted by Crippen LogP contribution is -1.93. The number of nitrogens with one attached hydrogen (secondary N) is 1. The summed E-state index contributed by atoms with van der Waals surface area (Å²) in [5.41, 5.74) is 0.377. The van der Waals surface area contributed by atoms with E-state index in [4.69, 9.17) is 22.3 Å². The second-order valence-corrected chi connectivity index (χ2v) is 5.05. The van der Waals surface area contributed by atoms with Crippen LogP contribution in [0.5, 0.6) is 0 Å². The summed E-state index contributed by atoms with van der Waals surface area (Å²) in [5, 5.41) is 6.11. The first kappa shape index (κ1) is 8.83. The Balaban J connectivity index is 2.89. The lowest BCUT2D eigenvalue weighted by atomic mass is 10.4.